The van der Waals surface area contributed by atoms with Gasteiger partial charge < -0.3 is 18.9 Å². The van der Waals surface area contributed by atoms with Gasteiger partial charge in [-0.1, -0.05) is 137 Å². The second-order valence-electron chi connectivity index (χ2n) is 19.2. The summed E-state index contributed by atoms with van der Waals surface area (Å²) in [5.74, 6) is 0.376. The van der Waals surface area contributed by atoms with Crippen LogP contribution in [0.25, 0.3) is 4.85 Å². The van der Waals surface area contributed by atoms with E-state index in [1.807, 2.05) is 6.92 Å². The first-order valence-electron chi connectivity index (χ1n) is 24.3. The molecule has 0 amide bonds. The average Bonchev–Trinajstić information content (AvgIpc) is 3.83. The van der Waals surface area contributed by atoms with Crippen LogP contribution in [0.15, 0.2) is 68.3 Å². The van der Waals surface area contributed by atoms with Crippen molar-refractivity contribution in [3.05, 3.63) is 103 Å². The van der Waals surface area contributed by atoms with Crippen molar-refractivity contribution in [1.82, 2.24) is 0 Å². The minimum Gasteiger partial charge on any atom is -0.470 e. The van der Waals surface area contributed by atoms with Crippen LogP contribution in [-0.2, 0) is 29.3 Å². The van der Waals surface area contributed by atoms with Gasteiger partial charge in [-0.3, -0.25) is 14.4 Å². The Morgan fingerprint density at radius 2 is 1.19 bits per heavy atom. The van der Waals surface area contributed by atoms with Crippen LogP contribution in [-0.4, -0.2) is 37.7 Å². The Kier molecular flexibility index (Phi) is 13.7. The smallest absolute Gasteiger partial charge is 0.338 e. The summed E-state index contributed by atoms with van der Waals surface area (Å²) in [6.07, 6.45) is 17.4. The van der Waals surface area contributed by atoms with Gasteiger partial charge in [-0.05, 0) is 92.4 Å². The maximum absolute atomic E-state index is 14.7. The van der Waals surface area contributed by atoms with Crippen molar-refractivity contribution in [3.63, 3.8) is 0 Å². The third-order valence-electron chi connectivity index (χ3n) is 15.6. The van der Waals surface area contributed by atoms with Gasteiger partial charge in [0.1, 0.15) is 11.5 Å². The van der Waals surface area contributed by atoms with Crippen LogP contribution in [0.4, 0.5) is 0 Å². The molecule has 0 saturated heterocycles. The van der Waals surface area contributed by atoms with Crippen LogP contribution in [0.3, 0.4) is 0 Å². The van der Waals surface area contributed by atoms with Crippen LogP contribution < -0.4 is 9.47 Å². The maximum atomic E-state index is 14.7. The number of fused-ring (bicyclic) bond motifs is 8. The van der Waals surface area contributed by atoms with E-state index in [4.69, 9.17) is 25.5 Å². The van der Waals surface area contributed by atoms with Gasteiger partial charge in [0.05, 0.1) is 45.1 Å². The Morgan fingerprint density at radius 3 is 1.62 bits per heavy atom. The molecule has 3 atom stereocenters. The van der Waals surface area contributed by atoms with Crippen molar-refractivity contribution >= 4 is 41.4 Å². The molecule has 0 aromatic heterocycles. The van der Waals surface area contributed by atoms with Crippen molar-refractivity contribution in [2.75, 3.05) is 13.7 Å². The lowest BCUT2D eigenvalue weighted by molar-refractivity contribution is -0.141. The largest absolute Gasteiger partial charge is 0.470 e. The van der Waals surface area contributed by atoms with Crippen molar-refractivity contribution in [2.24, 2.45) is 23.7 Å². The number of hydrogen-bond donors (Lipinski definition) is 0. The second kappa shape index (κ2) is 19.4. The summed E-state index contributed by atoms with van der Waals surface area (Å²) >= 11 is 2.54. The molecule has 2 saturated carbocycles. The summed E-state index contributed by atoms with van der Waals surface area (Å²) in [7, 11) is 1.61. The van der Waals surface area contributed by atoms with Crippen molar-refractivity contribution in [2.45, 2.75) is 163 Å². The van der Waals surface area contributed by atoms with E-state index in [2.05, 4.69) is 67.2 Å². The Balaban J connectivity index is 1.14. The number of benzene rings is 3. The number of carbonyl (C=O) groups is 3. The van der Waals surface area contributed by atoms with Gasteiger partial charge in [0.2, 0.25) is 0 Å². The van der Waals surface area contributed by atoms with Crippen LogP contribution in [0.1, 0.15) is 175 Å². The van der Waals surface area contributed by atoms with E-state index in [1.54, 1.807) is 7.11 Å². The molecule has 0 radical (unpaired) electrons. The van der Waals surface area contributed by atoms with Crippen LogP contribution in [0.2, 0.25) is 0 Å². The van der Waals surface area contributed by atoms with Gasteiger partial charge in [0, 0.05) is 41.9 Å². The van der Waals surface area contributed by atoms with Crippen molar-refractivity contribution in [3.8, 4) is 11.5 Å². The molecule has 8 nitrogen and oxygen atoms in total. The van der Waals surface area contributed by atoms with Crippen molar-refractivity contribution in [1.29, 1.82) is 0 Å². The van der Waals surface area contributed by atoms with E-state index in [1.165, 1.54) is 97.1 Å². The normalized spacial score (nSPS) is 26.0. The molecule has 5 aliphatic carbocycles. The third-order valence-corrected chi connectivity index (χ3v) is 18.1. The third kappa shape index (κ3) is 7.93. The van der Waals surface area contributed by atoms with Crippen LogP contribution in [0, 0.1) is 30.2 Å². The standard InChI is InChI=1S/C54H63NO7S2/c1-6-8-10-16-33-22-26-35(27-23-33)50(56)61-46-41-42(44-38-19-13-15-21-40(38)54(44)39-20-14-12-18-37(39)43(41)54)47(62-51(57)36-28-24-34(25-29-36)17-11-9-7-2)49-48(46)63-53(64-49)45(55-4)52(58)60-31-30-32(3)59-5/h12-15,18-21,32-36,43-44H,6-11,16-17,22-31H2,1-3,5H3. The molecule has 0 bridgehead atoms. The summed E-state index contributed by atoms with van der Waals surface area (Å²) in [4.78, 5) is 48.0. The SMILES string of the molecule is [C-]#[N+]C(C(=O)OCCC(C)OC)=C1Sc2c(OC(=O)C3CCC(CCCCC)CC3)c3c(c(OC(=O)C4CCC(CCCCC)CC4)c2S1)C1c2ccccc2C12c1ccccc1C32. The van der Waals surface area contributed by atoms with E-state index in [9.17, 15) is 14.4 Å². The van der Waals surface area contributed by atoms with E-state index in [0.29, 0.717) is 43.8 Å². The lowest BCUT2D eigenvalue weighted by Crippen LogP contribution is -2.52. The lowest BCUT2D eigenvalue weighted by atomic mass is 9.43. The lowest BCUT2D eigenvalue weighted by Gasteiger charge is -2.58. The molecule has 2 fully saturated rings. The Bertz CT molecular complexity index is 2210. The van der Waals surface area contributed by atoms with Gasteiger partial charge in [-0.25, -0.2) is 4.85 Å². The van der Waals surface area contributed by atoms with Gasteiger partial charge in [0.15, 0.2) is 0 Å². The Morgan fingerprint density at radius 1 is 0.719 bits per heavy atom. The molecule has 1 aliphatic heterocycles. The highest BCUT2D eigenvalue weighted by molar-refractivity contribution is 8.24. The highest BCUT2D eigenvalue weighted by atomic mass is 32.2. The molecule has 10 heteroatoms. The summed E-state index contributed by atoms with van der Waals surface area (Å²) in [6.45, 7) is 14.7. The molecule has 3 unspecified atom stereocenters. The number of rotatable bonds is 17. The Labute approximate surface area is 388 Å². The molecular weight excluding hydrogens is 839 g/mol. The summed E-state index contributed by atoms with van der Waals surface area (Å²) in [5.41, 5.74) is 6.18. The molecule has 3 aromatic rings. The number of nitrogens with zero attached hydrogens (tertiary/aromatic N) is 1. The highest BCUT2D eigenvalue weighted by Gasteiger charge is 2.71. The quantitative estimate of drug-likeness (QED) is 0.0432. The minimum atomic E-state index is -0.711. The van der Waals surface area contributed by atoms with E-state index >= 15 is 0 Å². The number of thioether (sulfide) groups is 2. The summed E-state index contributed by atoms with van der Waals surface area (Å²) in [6, 6.07) is 17.2. The van der Waals surface area contributed by atoms with Gasteiger partial charge in [-0.2, -0.15) is 0 Å². The molecule has 1 spiro atoms. The van der Waals surface area contributed by atoms with Crippen LogP contribution >= 0.6 is 23.5 Å². The highest BCUT2D eigenvalue weighted by Crippen LogP contribution is 2.81. The molecule has 0 N–H and O–H groups in total. The number of ether oxygens (including phenoxy) is 4. The Hall–Kier alpha value is -4.04. The zero-order valence-corrected chi connectivity index (χ0v) is 39.6. The van der Waals surface area contributed by atoms with E-state index in [0.717, 1.165) is 62.5 Å². The second-order valence-corrected chi connectivity index (χ2v) is 21.5. The van der Waals surface area contributed by atoms with Crippen molar-refractivity contribution < 1.29 is 33.3 Å². The number of methoxy groups -OCH3 is 1. The fourth-order valence-corrected chi connectivity index (χ4v) is 14.6. The molecule has 3 aromatic carbocycles. The first-order chi connectivity index (χ1) is 31.2. The predicted molar refractivity (Wildman–Crippen MR) is 252 cm³/mol. The minimum absolute atomic E-state index is 0.106. The maximum Gasteiger partial charge on any atom is 0.338 e. The zero-order chi connectivity index (χ0) is 44.5. The van der Waals surface area contributed by atoms with Gasteiger partial charge >= 0.3 is 17.9 Å². The molecule has 338 valence electrons. The first kappa shape index (κ1) is 45.1. The number of esters is 3. The fraction of sp³-hybridized carbons (Fsp3) is 0.556. The molecule has 1 heterocycles. The van der Waals surface area contributed by atoms with Gasteiger partial charge in [-0.15, -0.1) is 0 Å². The topological polar surface area (TPSA) is 92.5 Å². The number of hydrogen-bond acceptors (Lipinski definition) is 9. The summed E-state index contributed by atoms with van der Waals surface area (Å²) < 4.78 is 25.2. The van der Waals surface area contributed by atoms with E-state index in [-0.39, 0.29) is 54.0 Å². The fourth-order valence-electron chi connectivity index (χ4n) is 12.0. The molecule has 6 aliphatic rings. The van der Waals surface area contributed by atoms with Gasteiger partial charge in [0.25, 0.3) is 5.70 Å². The number of unbranched alkanes of at least 4 members (excludes halogenated alkanes) is 4. The number of carbonyl (C=O) groups excluding carboxylic acids is 3. The average molecular weight is 902 g/mol. The summed E-state index contributed by atoms with van der Waals surface area (Å²) in [5, 5.41) is 0. The molecular formula is C54H63NO7S2. The zero-order valence-electron chi connectivity index (χ0n) is 38.0. The molecule has 9 rings (SSSR count). The first-order valence-corrected chi connectivity index (χ1v) is 25.9. The monoisotopic (exact) mass is 901 g/mol. The van der Waals surface area contributed by atoms with Crippen LogP contribution in [0.5, 0.6) is 11.5 Å². The van der Waals surface area contributed by atoms with E-state index < -0.39 is 11.4 Å². The molecule has 64 heavy (non-hydrogen) atoms. The predicted octanol–water partition coefficient (Wildman–Crippen LogP) is 13.4.